The normalized spacial score (nSPS) is 16.8. The van der Waals surface area contributed by atoms with Gasteiger partial charge >= 0.3 is 0 Å². The predicted molar refractivity (Wildman–Crippen MR) is 73.1 cm³/mol. The minimum absolute atomic E-state index is 0.0780. The maximum Gasteiger partial charge on any atom is 0.238 e. The van der Waals surface area contributed by atoms with Crippen molar-refractivity contribution in [3.63, 3.8) is 0 Å². The fourth-order valence-corrected chi connectivity index (χ4v) is 2.32. The zero-order chi connectivity index (χ0) is 12.1. The molecule has 0 saturated carbocycles. The van der Waals surface area contributed by atoms with Crippen molar-refractivity contribution in [1.29, 1.82) is 0 Å². The number of rotatable bonds is 3. The number of anilines is 1. The molecular formula is C13H17BrN2O. The minimum Gasteiger partial charge on any atom is -0.325 e. The average Bonchev–Trinajstić information content (AvgIpc) is 2.33. The molecule has 0 aromatic heterocycles. The number of carbonyl (C=O) groups excluding carboxylic acids is 1. The number of hydrogen-bond donors (Lipinski definition) is 1. The van der Waals surface area contributed by atoms with E-state index in [1.54, 1.807) is 0 Å². The Labute approximate surface area is 110 Å². The van der Waals surface area contributed by atoms with E-state index in [1.807, 2.05) is 24.3 Å². The van der Waals surface area contributed by atoms with Crippen LogP contribution < -0.4 is 5.32 Å². The van der Waals surface area contributed by atoms with E-state index < -0.39 is 0 Å². The number of hydrogen-bond acceptors (Lipinski definition) is 2. The van der Waals surface area contributed by atoms with Crippen LogP contribution in [0.5, 0.6) is 0 Å². The van der Waals surface area contributed by atoms with Gasteiger partial charge in [0.1, 0.15) is 0 Å². The fraction of sp³-hybridized carbons (Fsp3) is 0.462. The third-order valence-electron chi connectivity index (χ3n) is 2.94. The molecule has 1 aromatic rings. The van der Waals surface area contributed by atoms with Crippen LogP contribution in [0.3, 0.4) is 0 Å². The largest absolute Gasteiger partial charge is 0.325 e. The lowest BCUT2D eigenvalue weighted by atomic mass is 10.1. The van der Waals surface area contributed by atoms with E-state index in [2.05, 4.69) is 26.1 Å². The maximum absolute atomic E-state index is 11.8. The molecule has 3 nitrogen and oxygen atoms in total. The van der Waals surface area contributed by atoms with Crippen molar-refractivity contribution in [3.05, 3.63) is 28.7 Å². The minimum atomic E-state index is 0.0780. The molecule has 92 valence electrons. The van der Waals surface area contributed by atoms with Gasteiger partial charge in [-0.15, -0.1) is 0 Å². The summed E-state index contributed by atoms with van der Waals surface area (Å²) in [7, 11) is 0. The standard InChI is InChI=1S/C13H17BrN2O/c14-11-4-6-12(7-5-11)15-13(17)10-16-8-2-1-3-9-16/h4-7H,1-3,8-10H2,(H,15,17). The second kappa shape index (κ2) is 6.17. The lowest BCUT2D eigenvalue weighted by Crippen LogP contribution is -2.36. The molecule has 1 N–H and O–H groups in total. The summed E-state index contributed by atoms with van der Waals surface area (Å²) in [6, 6.07) is 7.66. The van der Waals surface area contributed by atoms with Crippen LogP contribution in [0.2, 0.25) is 0 Å². The van der Waals surface area contributed by atoms with Gasteiger partial charge in [0.05, 0.1) is 6.54 Å². The molecule has 1 aliphatic rings. The van der Waals surface area contributed by atoms with Crippen molar-refractivity contribution in [2.75, 3.05) is 25.0 Å². The number of halogens is 1. The number of amides is 1. The van der Waals surface area contributed by atoms with Gasteiger partial charge in [-0.05, 0) is 50.2 Å². The molecule has 1 fully saturated rings. The van der Waals surface area contributed by atoms with Gasteiger partial charge in [-0.3, -0.25) is 9.69 Å². The number of carbonyl (C=O) groups is 1. The Kier molecular flexibility index (Phi) is 4.57. The summed E-state index contributed by atoms with van der Waals surface area (Å²) in [4.78, 5) is 14.0. The Hall–Kier alpha value is -0.870. The van der Waals surface area contributed by atoms with Gasteiger partial charge < -0.3 is 5.32 Å². The lowest BCUT2D eigenvalue weighted by molar-refractivity contribution is -0.117. The zero-order valence-electron chi connectivity index (χ0n) is 9.79. The summed E-state index contributed by atoms with van der Waals surface area (Å²) in [5.41, 5.74) is 0.857. The summed E-state index contributed by atoms with van der Waals surface area (Å²) < 4.78 is 1.02. The number of nitrogens with zero attached hydrogens (tertiary/aromatic N) is 1. The second-order valence-electron chi connectivity index (χ2n) is 4.39. The van der Waals surface area contributed by atoms with Crippen LogP contribution in [0.25, 0.3) is 0 Å². The second-order valence-corrected chi connectivity index (χ2v) is 5.31. The van der Waals surface area contributed by atoms with Gasteiger partial charge in [-0.2, -0.15) is 0 Å². The predicted octanol–water partition coefficient (Wildman–Crippen LogP) is 2.87. The zero-order valence-corrected chi connectivity index (χ0v) is 11.4. The van der Waals surface area contributed by atoms with Gasteiger partial charge in [-0.1, -0.05) is 22.4 Å². The van der Waals surface area contributed by atoms with Crippen molar-refractivity contribution in [2.45, 2.75) is 19.3 Å². The monoisotopic (exact) mass is 296 g/mol. The lowest BCUT2D eigenvalue weighted by Gasteiger charge is -2.25. The summed E-state index contributed by atoms with van der Waals surface area (Å²) in [6.45, 7) is 2.61. The highest BCUT2D eigenvalue weighted by Crippen LogP contribution is 2.14. The van der Waals surface area contributed by atoms with Crippen molar-refractivity contribution >= 4 is 27.5 Å². The summed E-state index contributed by atoms with van der Waals surface area (Å²) in [5.74, 6) is 0.0780. The van der Waals surface area contributed by atoms with Gasteiger partial charge in [0.25, 0.3) is 0 Å². The van der Waals surface area contributed by atoms with Crippen LogP contribution in [0.15, 0.2) is 28.7 Å². The summed E-state index contributed by atoms with van der Waals surface area (Å²) in [5, 5.41) is 2.91. The molecule has 2 rings (SSSR count). The Morgan fingerprint density at radius 3 is 2.47 bits per heavy atom. The smallest absolute Gasteiger partial charge is 0.238 e. The van der Waals surface area contributed by atoms with Gasteiger partial charge in [0.15, 0.2) is 0 Å². The molecule has 0 aliphatic carbocycles. The summed E-state index contributed by atoms with van der Waals surface area (Å²) >= 11 is 3.37. The van der Waals surface area contributed by atoms with E-state index in [-0.39, 0.29) is 5.91 Å². The van der Waals surface area contributed by atoms with Crippen molar-refractivity contribution in [1.82, 2.24) is 4.90 Å². The highest BCUT2D eigenvalue weighted by Gasteiger charge is 2.13. The van der Waals surface area contributed by atoms with Crippen LogP contribution in [-0.4, -0.2) is 30.4 Å². The van der Waals surface area contributed by atoms with E-state index in [9.17, 15) is 4.79 Å². The van der Waals surface area contributed by atoms with Crippen molar-refractivity contribution in [2.24, 2.45) is 0 Å². The topological polar surface area (TPSA) is 32.3 Å². The first-order valence-electron chi connectivity index (χ1n) is 6.02. The van der Waals surface area contributed by atoms with Crippen LogP contribution in [0.1, 0.15) is 19.3 Å². The Bertz CT molecular complexity index is 372. The number of likely N-dealkylation sites (tertiary alicyclic amines) is 1. The first-order chi connectivity index (χ1) is 8.24. The van der Waals surface area contributed by atoms with Crippen LogP contribution in [0, 0.1) is 0 Å². The van der Waals surface area contributed by atoms with Crippen molar-refractivity contribution < 1.29 is 4.79 Å². The third-order valence-corrected chi connectivity index (χ3v) is 3.47. The number of nitrogens with one attached hydrogen (secondary N) is 1. The summed E-state index contributed by atoms with van der Waals surface area (Å²) in [6.07, 6.45) is 3.72. The highest BCUT2D eigenvalue weighted by molar-refractivity contribution is 9.10. The van der Waals surface area contributed by atoms with Gasteiger partial charge in [0, 0.05) is 10.2 Å². The molecule has 1 heterocycles. The van der Waals surface area contributed by atoms with Crippen LogP contribution in [0.4, 0.5) is 5.69 Å². The molecule has 0 radical (unpaired) electrons. The molecule has 1 saturated heterocycles. The molecule has 0 atom stereocenters. The maximum atomic E-state index is 11.8. The van der Waals surface area contributed by atoms with E-state index in [0.717, 1.165) is 23.2 Å². The third kappa shape index (κ3) is 4.13. The SMILES string of the molecule is O=C(CN1CCCCC1)Nc1ccc(Br)cc1. The van der Waals surface area contributed by atoms with Crippen LogP contribution >= 0.6 is 15.9 Å². The van der Waals surface area contributed by atoms with E-state index in [4.69, 9.17) is 0 Å². The average molecular weight is 297 g/mol. The fourth-order valence-electron chi connectivity index (χ4n) is 2.05. The molecule has 1 aromatic carbocycles. The van der Waals surface area contributed by atoms with E-state index >= 15 is 0 Å². The molecule has 1 amide bonds. The molecule has 0 spiro atoms. The Balaban J connectivity index is 1.82. The van der Waals surface area contributed by atoms with E-state index in [0.29, 0.717) is 6.54 Å². The van der Waals surface area contributed by atoms with Crippen LogP contribution in [-0.2, 0) is 4.79 Å². The molecule has 0 bridgehead atoms. The molecular weight excluding hydrogens is 280 g/mol. The Morgan fingerprint density at radius 1 is 1.18 bits per heavy atom. The molecule has 1 aliphatic heterocycles. The van der Waals surface area contributed by atoms with Gasteiger partial charge in [0.2, 0.25) is 5.91 Å². The first kappa shape index (κ1) is 12.6. The van der Waals surface area contributed by atoms with Crippen molar-refractivity contribution in [3.8, 4) is 0 Å². The first-order valence-corrected chi connectivity index (χ1v) is 6.81. The van der Waals surface area contributed by atoms with Gasteiger partial charge in [-0.25, -0.2) is 0 Å². The highest BCUT2D eigenvalue weighted by atomic mass is 79.9. The molecule has 17 heavy (non-hydrogen) atoms. The molecule has 4 heteroatoms. The Morgan fingerprint density at radius 2 is 1.82 bits per heavy atom. The molecule has 0 unspecified atom stereocenters. The number of piperidine rings is 1. The quantitative estimate of drug-likeness (QED) is 0.930. The number of benzene rings is 1. The van der Waals surface area contributed by atoms with E-state index in [1.165, 1.54) is 19.3 Å².